The molecule has 0 aromatic heterocycles. The fourth-order valence-corrected chi connectivity index (χ4v) is 2.11. The molecule has 0 spiro atoms. The number of benzene rings is 1. The molecule has 1 aliphatic rings. The molecule has 7 nitrogen and oxygen atoms in total. The first-order valence-corrected chi connectivity index (χ1v) is 7.01. The van der Waals surface area contributed by atoms with Crippen molar-refractivity contribution in [3.63, 3.8) is 0 Å². The number of rotatable bonds is 5. The minimum atomic E-state index is -0.457. The predicted molar refractivity (Wildman–Crippen MR) is 78.8 cm³/mol. The molecule has 1 aliphatic heterocycles. The van der Waals surface area contributed by atoms with Crippen LogP contribution in [0.15, 0.2) is 18.2 Å². The molecule has 1 fully saturated rings. The number of ether oxygens (including phenoxy) is 2. The number of esters is 1. The van der Waals surface area contributed by atoms with E-state index in [0.717, 1.165) is 5.56 Å². The zero-order valence-electron chi connectivity index (χ0n) is 12.5. The summed E-state index contributed by atoms with van der Waals surface area (Å²) in [6.07, 6.45) is 0.249. The van der Waals surface area contributed by atoms with Gasteiger partial charge in [0.05, 0.1) is 12.3 Å². The largest absolute Gasteiger partial charge is 0.482 e. The number of anilines is 1. The third kappa shape index (κ3) is 3.75. The van der Waals surface area contributed by atoms with Crippen molar-refractivity contribution >= 4 is 23.6 Å². The van der Waals surface area contributed by atoms with Gasteiger partial charge in [-0.05, 0) is 25.5 Å². The van der Waals surface area contributed by atoms with Crippen molar-refractivity contribution in [3.8, 4) is 5.75 Å². The van der Waals surface area contributed by atoms with Crippen LogP contribution in [0.2, 0.25) is 0 Å². The molecule has 1 N–H and O–H groups in total. The number of aryl methyl sites for hydroxylation is 1. The van der Waals surface area contributed by atoms with E-state index in [9.17, 15) is 14.4 Å². The van der Waals surface area contributed by atoms with E-state index in [0.29, 0.717) is 24.6 Å². The van der Waals surface area contributed by atoms with Gasteiger partial charge in [0, 0.05) is 19.0 Å². The topological polar surface area (TPSA) is 84.9 Å². The van der Waals surface area contributed by atoms with Gasteiger partial charge in [-0.25, -0.2) is 9.59 Å². The van der Waals surface area contributed by atoms with Gasteiger partial charge in [-0.3, -0.25) is 15.0 Å². The average molecular weight is 306 g/mol. The maximum absolute atomic E-state index is 11.9. The third-order valence-electron chi connectivity index (χ3n) is 3.19. The fourth-order valence-electron chi connectivity index (χ4n) is 2.11. The highest BCUT2D eigenvalue weighted by molar-refractivity contribution is 6.06. The summed E-state index contributed by atoms with van der Waals surface area (Å²) in [5.41, 5.74) is 1.51. The molecular formula is C15H18N2O5. The maximum atomic E-state index is 11.9. The predicted octanol–water partition coefficient (Wildman–Crippen LogP) is 1.38. The van der Waals surface area contributed by atoms with Crippen molar-refractivity contribution in [2.24, 2.45) is 0 Å². The molecule has 1 saturated heterocycles. The first-order valence-electron chi connectivity index (χ1n) is 7.01. The molecule has 1 aromatic carbocycles. The number of urea groups is 1. The maximum Gasteiger partial charge on any atom is 0.344 e. The molecule has 118 valence electrons. The number of nitrogens with zero attached hydrogens (tertiary/aromatic N) is 1. The van der Waals surface area contributed by atoms with Gasteiger partial charge in [0.1, 0.15) is 5.75 Å². The van der Waals surface area contributed by atoms with E-state index in [1.54, 1.807) is 25.1 Å². The Hall–Kier alpha value is -2.57. The summed E-state index contributed by atoms with van der Waals surface area (Å²) in [4.78, 5) is 35.9. The lowest BCUT2D eigenvalue weighted by Crippen LogP contribution is -2.49. The first-order chi connectivity index (χ1) is 10.5. The van der Waals surface area contributed by atoms with Gasteiger partial charge in [0.15, 0.2) is 6.61 Å². The summed E-state index contributed by atoms with van der Waals surface area (Å²) in [7, 11) is 0. The summed E-state index contributed by atoms with van der Waals surface area (Å²) < 4.78 is 10.2. The van der Waals surface area contributed by atoms with Crippen LogP contribution < -0.4 is 15.0 Å². The summed E-state index contributed by atoms with van der Waals surface area (Å²) >= 11 is 0. The second kappa shape index (κ2) is 6.93. The Bertz CT molecular complexity index is 600. The molecule has 0 saturated carbocycles. The second-order valence-electron chi connectivity index (χ2n) is 4.80. The van der Waals surface area contributed by atoms with Crippen LogP contribution in [-0.4, -0.2) is 37.7 Å². The third-order valence-corrected chi connectivity index (χ3v) is 3.19. The van der Waals surface area contributed by atoms with Gasteiger partial charge in [0.2, 0.25) is 5.91 Å². The molecule has 2 rings (SSSR count). The Morgan fingerprint density at radius 3 is 2.82 bits per heavy atom. The Kier molecular flexibility index (Phi) is 4.98. The zero-order chi connectivity index (χ0) is 16.1. The van der Waals surface area contributed by atoms with Gasteiger partial charge in [-0.1, -0.05) is 6.07 Å². The van der Waals surface area contributed by atoms with E-state index < -0.39 is 12.0 Å². The molecule has 3 amide bonds. The number of carbonyl (C=O) groups is 3. The van der Waals surface area contributed by atoms with E-state index in [1.807, 2.05) is 6.92 Å². The standard InChI is InChI=1S/C15H18N2O5/c1-3-21-14(19)9-22-11-5-4-10(2)12(8-11)17-7-6-13(18)16-15(17)20/h4-5,8H,3,6-7,9H2,1-2H3,(H,16,18,20). The minimum Gasteiger partial charge on any atom is -0.482 e. The second-order valence-corrected chi connectivity index (χ2v) is 4.80. The van der Waals surface area contributed by atoms with Gasteiger partial charge < -0.3 is 9.47 Å². The molecule has 7 heteroatoms. The number of amides is 3. The monoisotopic (exact) mass is 306 g/mol. The molecular weight excluding hydrogens is 288 g/mol. The Morgan fingerprint density at radius 1 is 1.36 bits per heavy atom. The van der Waals surface area contributed by atoms with E-state index >= 15 is 0 Å². The highest BCUT2D eigenvalue weighted by atomic mass is 16.6. The van der Waals surface area contributed by atoms with Crippen molar-refractivity contribution in [3.05, 3.63) is 23.8 Å². The lowest BCUT2D eigenvalue weighted by Gasteiger charge is -2.28. The van der Waals surface area contributed by atoms with Crippen molar-refractivity contribution in [1.82, 2.24) is 5.32 Å². The van der Waals surface area contributed by atoms with Gasteiger partial charge in [-0.2, -0.15) is 0 Å². The molecule has 1 aromatic rings. The normalized spacial score (nSPS) is 14.5. The number of hydrogen-bond donors (Lipinski definition) is 1. The van der Waals surface area contributed by atoms with Crippen molar-refractivity contribution in [2.45, 2.75) is 20.3 Å². The van der Waals surface area contributed by atoms with Crippen LogP contribution in [0.1, 0.15) is 18.9 Å². The minimum absolute atomic E-state index is 0.193. The molecule has 0 radical (unpaired) electrons. The number of nitrogens with one attached hydrogen (secondary N) is 1. The zero-order valence-corrected chi connectivity index (χ0v) is 12.5. The van der Waals surface area contributed by atoms with Gasteiger partial charge >= 0.3 is 12.0 Å². The molecule has 0 unspecified atom stereocenters. The van der Waals surface area contributed by atoms with Crippen LogP contribution in [0.5, 0.6) is 5.75 Å². The lowest BCUT2D eigenvalue weighted by atomic mass is 10.1. The highest BCUT2D eigenvalue weighted by Gasteiger charge is 2.25. The molecule has 22 heavy (non-hydrogen) atoms. The highest BCUT2D eigenvalue weighted by Crippen LogP contribution is 2.27. The quantitative estimate of drug-likeness (QED) is 0.831. The van der Waals surface area contributed by atoms with Gasteiger partial charge in [0.25, 0.3) is 0 Å². The Labute approximate surface area is 128 Å². The summed E-state index contributed by atoms with van der Waals surface area (Å²) in [6, 6.07) is 4.72. The summed E-state index contributed by atoms with van der Waals surface area (Å²) in [6.45, 7) is 3.99. The van der Waals surface area contributed by atoms with E-state index in [2.05, 4.69) is 5.32 Å². The van der Waals surface area contributed by atoms with Gasteiger partial charge in [-0.15, -0.1) is 0 Å². The van der Waals surface area contributed by atoms with E-state index in [-0.39, 0.29) is 18.9 Å². The first kappa shape index (κ1) is 15.8. The number of carbonyl (C=O) groups excluding carboxylic acids is 3. The van der Waals surface area contributed by atoms with E-state index in [4.69, 9.17) is 9.47 Å². The Balaban J connectivity index is 2.11. The van der Waals surface area contributed by atoms with Crippen molar-refractivity contribution in [2.75, 3.05) is 24.7 Å². The molecule has 0 atom stereocenters. The Morgan fingerprint density at radius 2 is 2.14 bits per heavy atom. The number of imide groups is 1. The SMILES string of the molecule is CCOC(=O)COc1ccc(C)c(N2CCC(=O)NC2=O)c1. The van der Waals surface area contributed by atoms with Crippen LogP contribution in [0.3, 0.4) is 0 Å². The van der Waals surface area contributed by atoms with Crippen LogP contribution in [-0.2, 0) is 14.3 Å². The van der Waals surface area contributed by atoms with Crippen LogP contribution in [0.25, 0.3) is 0 Å². The average Bonchev–Trinajstić information content (AvgIpc) is 2.47. The van der Waals surface area contributed by atoms with E-state index in [1.165, 1.54) is 4.90 Å². The molecule has 1 heterocycles. The summed E-state index contributed by atoms with van der Waals surface area (Å²) in [5, 5.41) is 2.27. The lowest BCUT2D eigenvalue weighted by molar-refractivity contribution is -0.145. The molecule has 0 aliphatic carbocycles. The van der Waals surface area contributed by atoms with Crippen molar-refractivity contribution in [1.29, 1.82) is 0 Å². The van der Waals surface area contributed by atoms with Crippen LogP contribution >= 0.6 is 0 Å². The summed E-state index contributed by atoms with van der Waals surface area (Å²) in [5.74, 6) is -0.280. The van der Waals surface area contributed by atoms with Crippen LogP contribution in [0.4, 0.5) is 10.5 Å². The number of hydrogen-bond acceptors (Lipinski definition) is 5. The van der Waals surface area contributed by atoms with Crippen molar-refractivity contribution < 1.29 is 23.9 Å². The fraction of sp³-hybridized carbons (Fsp3) is 0.400. The van der Waals surface area contributed by atoms with Crippen LogP contribution in [0, 0.1) is 6.92 Å². The molecule has 0 bridgehead atoms. The smallest absolute Gasteiger partial charge is 0.344 e.